The molecule has 0 saturated carbocycles. The minimum absolute atomic E-state index is 0.0174. The van der Waals surface area contributed by atoms with Gasteiger partial charge in [0.05, 0.1) is 15.6 Å². The van der Waals surface area contributed by atoms with Crippen molar-refractivity contribution in [2.45, 2.75) is 6.92 Å². The molecule has 0 aliphatic rings. The van der Waals surface area contributed by atoms with Gasteiger partial charge in [-0.2, -0.15) is 0 Å². The molecule has 0 saturated heterocycles. The van der Waals surface area contributed by atoms with Crippen LogP contribution in [0.4, 0.5) is 28.7 Å². The third-order valence-electron chi connectivity index (χ3n) is 3.74. The first-order valence-corrected chi connectivity index (χ1v) is 8.70. The fourth-order valence-corrected chi connectivity index (χ4v) is 2.72. The van der Waals surface area contributed by atoms with E-state index in [2.05, 4.69) is 20.6 Å². The lowest BCUT2D eigenvalue weighted by Gasteiger charge is -2.11. The van der Waals surface area contributed by atoms with E-state index in [-0.39, 0.29) is 23.1 Å². The Morgan fingerprint density at radius 1 is 1.04 bits per heavy atom. The number of benzene rings is 2. The van der Waals surface area contributed by atoms with Crippen LogP contribution in [0.15, 0.2) is 48.8 Å². The van der Waals surface area contributed by atoms with Gasteiger partial charge in [-0.3, -0.25) is 14.9 Å². The zero-order valence-corrected chi connectivity index (χ0v) is 16.0. The van der Waals surface area contributed by atoms with Gasteiger partial charge in [0.25, 0.3) is 0 Å². The van der Waals surface area contributed by atoms with E-state index >= 15 is 0 Å². The van der Waals surface area contributed by atoms with Crippen LogP contribution in [0.1, 0.15) is 17.3 Å². The minimum Gasteiger partial charge on any atom is -0.334 e. The maximum atomic E-state index is 11.7. The second-order valence-corrected chi connectivity index (χ2v) is 6.53. The number of nitrogens with one attached hydrogen (secondary N) is 2. The van der Waals surface area contributed by atoms with Gasteiger partial charge in [0.15, 0.2) is 5.78 Å². The van der Waals surface area contributed by atoms with Crippen LogP contribution >= 0.6 is 23.2 Å². The summed E-state index contributed by atoms with van der Waals surface area (Å²) in [5.74, 6) is -0.146. The Hall–Kier alpha value is -3.23. The third kappa shape index (κ3) is 4.36. The average molecular weight is 418 g/mol. The summed E-state index contributed by atoms with van der Waals surface area (Å²) < 4.78 is 0. The summed E-state index contributed by atoms with van der Waals surface area (Å²) in [5, 5.41) is 18.1. The molecule has 0 atom stereocenters. The molecule has 8 nitrogen and oxygen atoms in total. The van der Waals surface area contributed by atoms with E-state index in [4.69, 9.17) is 23.2 Å². The van der Waals surface area contributed by atoms with Gasteiger partial charge in [0.1, 0.15) is 6.33 Å². The molecule has 0 spiro atoms. The number of hydrogen-bond acceptors (Lipinski definition) is 7. The Balaban J connectivity index is 1.96. The molecule has 0 bridgehead atoms. The number of halogens is 2. The summed E-state index contributed by atoms with van der Waals surface area (Å²) in [6.45, 7) is 1.45. The Bertz CT molecular complexity index is 1060. The minimum atomic E-state index is -0.604. The van der Waals surface area contributed by atoms with E-state index in [0.29, 0.717) is 27.0 Å². The summed E-state index contributed by atoms with van der Waals surface area (Å²) in [5.41, 5.74) is 1.06. The van der Waals surface area contributed by atoms with Gasteiger partial charge < -0.3 is 10.6 Å². The average Bonchev–Trinajstić information content (AvgIpc) is 2.65. The van der Waals surface area contributed by atoms with Crippen molar-refractivity contribution in [3.05, 3.63) is 74.5 Å². The maximum absolute atomic E-state index is 11.7. The van der Waals surface area contributed by atoms with Gasteiger partial charge in [0.2, 0.25) is 11.6 Å². The lowest BCUT2D eigenvalue weighted by atomic mass is 10.1. The van der Waals surface area contributed by atoms with E-state index < -0.39 is 4.92 Å². The van der Waals surface area contributed by atoms with E-state index in [9.17, 15) is 14.9 Å². The summed E-state index contributed by atoms with van der Waals surface area (Å²) in [6, 6.07) is 11.2. The molecule has 2 aromatic carbocycles. The van der Waals surface area contributed by atoms with Crippen LogP contribution in [0.5, 0.6) is 0 Å². The van der Waals surface area contributed by atoms with Crippen LogP contribution in [0.2, 0.25) is 10.0 Å². The smallest absolute Gasteiger partial charge is 0.334 e. The fraction of sp³-hybridized carbons (Fsp3) is 0.0556. The van der Waals surface area contributed by atoms with Crippen molar-refractivity contribution >= 4 is 57.7 Å². The highest BCUT2D eigenvalue weighted by Crippen LogP contribution is 2.35. The second kappa shape index (κ2) is 8.20. The molecular weight excluding hydrogens is 405 g/mol. The number of hydrogen-bond donors (Lipinski definition) is 2. The SMILES string of the molecule is CC(=O)c1ccc(Nc2ncnc(Nc3cc(Cl)ccc3Cl)c2[N+](=O)[O-])cc1. The van der Waals surface area contributed by atoms with Crippen molar-refractivity contribution < 1.29 is 9.72 Å². The predicted molar refractivity (Wildman–Crippen MR) is 108 cm³/mol. The Kier molecular flexibility index (Phi) is 5.72. The molecule has 0 unspecified atom stereocenters. The van der Waals surface area contributed by atoms with Crippen LogP contribution in [-0.2, 0) is 0 Å². The first kappa shape index (κ1) is 19.5. The van der Waals surface area contributed by atoms with Crippen molar-refractivity contribution in [3.63, 3.8) is 0 Å². The van der Waals surface area contributed by atoms with Gasteiger partial charge in [-0.25, -0.2) is 9.97 Å². The standard InChI is InChI=1S/C18H13Cl2N5O3/c1-10(26)11-2-5-13(6-3-11)23-17-16(25(27)28)18(22-9-21-17)24-15-8-12(19)4-7-14(15)20/h2-9H,1H3,(H2,21,22,23,24). The number of Topliss-reactive ketones (excluding diaryl/α,β-unsaturated/α-hetero) is 1. The van der Waals surface area contributed by atoms with Crippen molar-refractivity contribution in [1.82, 2.24) is 9.97 Å². The normalized spacial score (nSPS) is 10.4. The second-order valence-electron chi connectivity index (χ2n) is 5.68. The molecule has 142 valence electrons. The Morgan fingerprint density at radius 3 is 2.29 bits per heavy atom. The highest BCUT2D eigenvalue weighted by Gasteiger charge is 2.24. The first-order chi connectivity index (χ1) is 13.3. The van der Waals surface area contributed by atoms with Crippen molar-refractivity contribution in [2.24, 2.45) is 0 Å². The first-order valence-electron chi connectivity index (χ1n) is 7.94. The Morgan fingerprint density at radius 2 is 1.68 bits per heavy atom. The highest BCUT2D eigenvalue weighted by atomic mass is 35.5. The third-order valence-corrected chi connectivity index (χ3v) is 4.31. The number of carbonyl (C=O) groups excluding carboxylic acids is 1. The quantitative estimate of drug-likeness (QED) is 0.314. The molecular formula is C18H13Cl2N5O3. The fourth-order valence-electron chi connectivity index (χ4n) is 2.38. The summed E-state index contributed by atoms with van der Waals surface area (Å²) in [6.07, 6.45) is 1.18. The van der Waals surface area contributed by atoms with Gasteiger partial charge in [-0.15, -0.1) is 0 Å². The van der Waals surface area contributed by atoms with Crippen LogP contribution in [0, 0.1) is 10.1 Å². The van der Waals surface area contributed by atoms with Gasteiger partial charge in [-0.1, -0.05) is 23.2 Å². The molecule has 0 amide bonds. The van der Waals surface area contributed by atoms with Crippen LogP contribution in [-0.4, -0.2) is 20.7 Å². The molecule has 0 radical (unpaired) electrons. The topological polar surface area (TPSA) is 110 Å². The van der Waals surface area contributed by atoms with Crippen molar-refractivity contribution in [2.75, 3.05) is 10.6 Å². The van der Waals surface area contributed by atoms with Crippen molar-refractivity contribution in [3.8, 4) is 0 Å². The number of nitrogens with zero attached hydrogens (tertiary/aromatic N) is 3. The number of ketones is 1. The largest absolute Gasteiger partial charge is 0.353 e. The van der Waals surface area contributed by atoms with Gasteiger partial charge >= 0.3 is 5.69 Å². The molecule has 10 heteroatoms. The van der Waals surface area contributed by atoms with Crippen molar-refractivity contribution in [1.29, 1.82) is 0 Å². The zero-order chi connectivity index (χ0) is 20.3. The maximum Gasteiger partial charge on any atom is 0.353 e. The molecule has 0 aliphatic carbocycles. The number of nitro groups is 1. The molecule has 28 heavy (non-hydrogen) atoms. The molecule has 2 N–H and O–H groups in total. The molecule has 3 rings (SSSR count). The predicted octanol–water partition coefficient (Wildman–Crippen LogP) is 5.38. The van der Waals surface area contributed by atoms with E-state index in [1.807, 2.05) is 0 Å². The monoisotopic (exact) mass is 417 g/mol. The van der Waals surface area contributed by atoms with E-state index in [1.165, 1.54) is 19.3 Å². The molecule has 1 aromatic heterocycles. The Labute approximate surface area is 169 Å². The number of anilines is 4. The lowest BCUT2D eigenvalue weighted by molar-refractivity contribution is -0.383. The molecule has 0 aliphatic heterocycles. The van der Waals surface area contributed by atoms with E-state index in [0.717, 1.165) is 0 Å². The summed E-state index contributed by atoms with van der Waals surface area (Å²) in [7, 11) is 0. The van der Waals surface area contributed by atoms with E-state index in [1.54, 1.807) is 36.4 Å². The molecule has 3 aromatic rings. The summed E-state index contributed by atoms with van der Waals surface area (Å²) >= 11 is 12.1. The molecule has 0 fully saturated rings. The lowest BCUT2D eigenvalue weighted by Crippen LogP contribution is -2.06. The zero-order valence-electron chi connectivity index (χ0n) is 14.4. The molecule has 1 heterocycles. The number of rotatable bonds is 6. The van der Waals surface area contributed by atoms with Crippen LogP contribution < -0.4 is 10.6 Å². The van der Waals surface area contributed by atoms with Crippen LogP contribution in [0.3, 0.4) is 0 Å². The highest BCUT2D eigenvalue weighted by molar-refractivity contribution is 6.35. The number of aromatic nitrogens is 2. The van der Waals surface area contributed by atoms with Gasteiger partial charge in [-0.05, 0) is 49.4 Å². The number of carbonyl (C=O) groups is 1. The summed E-state index contributed by atoms with van der Waals surface area (Å²) in [4.78, 5) is 30.3. The van der Waals surface area contributed by atoms with Gasteiger partial charge in [0, 0.05) is 16.3 Å². The van der Waals surface area contributed by atoms with Crippen LogP contribution in [0.25, 0.3) is 0 Å².